The summed E-state index contributed by atoms with van der Waals surface area (Å²) in [5, 5.41) is 4.34. The van der Waals surface area contributed by atoms with Gasteiger partial charge in [0.1, 0.15) is 5.82 Å². The number of nitrogens with zero attached hydrogens (tertiary/aromatic N) is 2. The summed E-state index contributed by atoms with van der Waals surface area (Å²) in [7, 11) is -2.96. The molecule has 6 heteroatoms. The van der Waals surface area contributed by atoms with E-state index >= 15 is 0 Å². The lowest BCUT2D eigenvalue weighted by Crippen LogP contribution is -2.18. The van der Waals surface area contributed by atoms with Crippen LogP contribution in [0.3, 0.4) is 0 Å². The maximum atomic E-state index is 11.5. The summed E-state index contributed by atoms with van der Waals surface area (Å²) in [5.74, 6) is 0.735. The molecule has 1 aliphatic rings. The highest BCUT2D eigenvalue weighted by Crippen LogP contribution is 2.27. The molecule has 1 aromatic rings. The highest BCUT2D eigenvalue weighted by atomic mass is 32.2. The molecule has 0 amide bonds. The van der Waals surface area contributed by atoms with Crippen LogP contribution < -0.4 is 5.73 Å². The summed E-state index contributed by atoms with van der Waals surface area (Å²) in [6.45, 7) is 3.95. The van der Waals surface area contributed by atoms with E-state index in [1.54, 1.807) is 4.68 Å². The fraction of sp³-hybridized carbons (Fsp3) is 0.667. The zero-order valence-electron chi connectivity index (χ0n) is 8.90. The molecule has 2 N–H and O–H groups in total. The average molecular weight is 229 g/mol. The van der Waals surface area contributed by atoms with Crippen LogP contribution >= 0.6 is 0 Å². The fourth-order valence-corrected chi connectivity index (χ4v) is 3.23. The molecule has 0 radical (unpaired) electrons. The second kappa shape index (κ2) is 3.23. The minimum Gasteiger partial charge on any atom is -0.384 e. The van der Waals surface area contributed by atoms with Crippen LogP contribution in [-0.2, 0) is 22.0 Å². The molecule has 0 fully saturated rings. The van der Waals surface area contributed by atoms with Gasteiger partial charge in [-0.05, 0) is 13.8 Å². The van der Waals surface area contributed by atoms with Crippen LogP contribution in [0.15, 0.2) is 0 Å². The zero-order valence-corrected chi connectivity index (χ0v) is 9.71. The second-order valence-electron chi connectivity index (χ2n) is 4.19. The second-order valence-corrected chi connectivity index (χ2v) is 6.37. The fourth-order valence-electron chi connectivity index (χ4n) is 1.83. The first-order chi connectivity index (χ1) is 6.91. The average Bonchev–Trinajstić information content (AvgIpc) is 2.42. The van der Waals surface area contributed by atoms with E-state index in [1.807, 2.05) is 13.8 Å². The summed E-state index contributed by atoms with van der Waals surface area (Å²) in [6.07, 6.45) is 0.488. The molecule has 1 aromatic heterocycles. The van der Waals surface area contributed by atoms with Crippen LogP contribution in [0.25, 0.3) is 0 Å². The Morgan fingerprint density at radius 1 is 1.47 bits per heavy atom. The summed E-state index contributed by atoms with van der Waals surface area (Å²) in [4.78, 5) is 0. The highest BCUT2D eigenvalue weighted by Gasteiger charge is 2.27. The maximum absolute atomic E-state index is 11.5. The standard InChI is InChI=1S/C9H15N3O2S/c1-6(2)12-9(10)7-5-15(13,14)4-3-8(7)11-12/h6H,3-5,10H2,1-2H3. The van der Waals surface area contributed by atoms with Gasteiger partial charge in [0, 0.05) is 18.0 Å². The molecule has 0 bridgehead atoms. The molecular formula is C9H15N3O2S. The third-order valence-electron chi connectivity index (χ3n) is 2.64. The number of anilines is 1. The van der Waals surface area contributed by atoms with Gasteiger partial charge >= 0.3 is 0 Å². The number of nitrogens with two attached hydrogens (primary N) is 1. The van der Waals surface area contributed by atoms with Crippen LogP contribution in [0, 0.1) is 0 Å². The largest absolute Gasteiger partial charge is 0.384 e. The lowest BCUT2D eigenvalue weighted by atomic mass is 10.2. The van der Waals surface area contributed by atoms with Crippen LogP contribution in [-0.4, -0.2) is 24.0 Å². The first kappa shape index (κ1) is 10.5. The van der Waals surface area contributed by atoms with Gasteiger partial charge in [-0.15, -0.1) is 0 Å². The predicted molar refractivity (Wildman–Crippen MR) is 58.2 cm³/mol. The molecule has 0 saturated heterocycles. The molecule has 0 unspecified atom stereocenters. The molecular weight excluding hydrogens is 214 g/mol. The van der Waals surface area contributed by atoms with Crippen molar-refractivity contribution in [3.8, 4) is 0 Å². The van der Waals surface area contributed by atoms with Crippen molar-refractivity contribution in [2.75, 3.05) is 11.5 Å². The molecule has 0 spiro atoms. The Bertz CT molecular complexity index is 488. The van der Waals surface area contributed by atoms with Gasteiger partial charge in [0.15, 0.2) is 9.84 Å². The van der Waals surface area contributed by atoms with Gasteiger partial charge in [-0.25, -0.2) is 13.1 Å². The van der Waals surface area contributed by atoms with E-state index in [9.17, 15) is 8.42 Å². The SMILES string of the molecule is CC(C)n1nc2c(c1N)CS(=O)(=O)CC2. The number of nitrogen functional groups attached to an aromatic ring is 1. The number of aromatic nitrogens is 2. The minimum absolute atomic E-state index is 0.0425. The Morgan fingerprint density at radius 3 is 2.73 bits per heavy atom. The van der Waals surface area contributed by atoms with E-state index < -0.39 is 9.84 Å². The third kappa shape index (κ3) is 1.73. The van der Waals surface area contributed by atoms with Crippen LogP contribution in [0.1, 0.15) is 31.1 Å². The summed E-state index contributed by atoms with van der Waals surface area (Å²) < 4.78 is 24.6. The summed E-state index contributed by atoms with van der Waals surface area (Å²) in [5.41, 5.74) is 7.43. The number of hydrogen-bond donors (Lipinski definition) is 1. The molecule has 84 valence electrons. The lowest BCUT2D eigenvalue weighted by molar-refractivity contribution is 0.534. The lowest BCUT2D eigenvalue weighted by Gasteiger charge is -2.10. The quantitative estimate of drug-likeness (QED) is 0.761. The predicted octanol–water partition coefficient (Wildman–Crippen LogP) is 0.517. The van der Waals surface area contributed by atoms with Crippen molar-refractivity contribution < 1.29 is 8.42 Å². The van der Waals surface area contributed by atoms with Gasteiger partial charge in [-0.1, -0.05) is 0 Å². The van der Waals surface area contributed by atoms with Crippen molar-refractivity contribution in [1.29, 1.82) is 0 Å². The van der Waals surface area contributed by atoms with Crippen LogP contribution in [0.5, 0.6) is 0 Å². The Hall–Kier alpha value is -1.04. The highest BCUT2D eigenvalue weighted by molar-refractivity contribution is 7.90. The van der Waals surface area contributed by atoms with Crippen molar-refractivity contribution in [2.24, 2.45) is 0 Å². The van der Waals surface area contributed by atoms with E-state index in [0.717, 1.165) is 5.69 Å². The topological polar surface area (TPSA) is 78.0 Å². The summed E-state index contributed by atoms with van der Waals surface area (Å²) in [6, 6.07) is 0.165. The van der Waals surface area contributed by atoms with Crippen molar-refractivity contribution in [1.82, 2.24) is 9.78 Å². The number of hydrogen-bond acceptors (Lipinski definition) is 4. The molecule has 1 aliphatic heterocycles. The van der Waals surface area contributed by atoms with Gasteiger partial charge in [-0.3, -0.25) is 0 Å². The Labute approximate surface area is 89.2 Å². The minimum atomic E-state index is -2.96. The number of fused-ring (bicyclic) bond motifs is 1. The maximum Gasteiger partial charge on any atom is 0.155 e. The van der Waals surface area contributed by atoms with Gasteiger partial charge in [0.25, 0.3) is 0 Å². The van der Waals surface area contributed by atoms with E-state index in [2.05, 4.69) is 5.10 Å². The van der Waals surface area contributed by atoms with Crippen molar-refractivity contribution >= 4 is 15.7 Å². The molecule has 2 heterocycles. The number of aryl methyl sites for hydroxylation is 1. The van der Waals surface area contributed by atoms with Crippen LogP contribution in [0.4, 0.5) is 5.82 Å². The molecule has 0 atom stereocenters. The third-order valence-corrected chi connectivity index (χ3v) is 4.19. The molecule has 0 aromatic carbocycles. The number of rotatable bonds is 1. The molecule has 15 heavy (non-hydrogen) atoms. The zero-order chi connectivity index (χ0) is 11.2. The van der Waals surface area contributed by atoms with Crippen molar-refractivity contribution in [3.63, 3.8) is 0 Å². The van der Waals surface area contributed by atoms with Gasteiger partial charge in [0.05, 0.1) is 17.2 Å². The van der Waals surface area contributed by atoms with E-state index in [0.29, 0.717) is 17.8 Å². The first-order valence-electron chi connectivity index (χ1n) is 4.97. The van der Waals surface area contributed by atoms with Crippen molar-refractivity contribution in [3.05, 3.63) is 11.3 Å². The Kier molecular flexibility index (Phi) is 2.26. The van der Waals surface area contributed by atoms with Crippen LogP contribution in [0.2, 0.25) is 0 Å². The number of sulfone groups is 1. The first-order valence-corrected chi connectivity index (χ1v) is 6.79. The summed E-state index contributed by atoms with van der Waals surface area (Å²) >= 11 is 0. The molecule has 5 nitrogen and oxygen atoms in total. The van der Waals surface area contributed by atoms with Crippen molar-refractivity contribution in [2.45, 2.75) is 32.1 Å². The van der Waals surface area contributed by atoms with E-state index in [1.165, 1.54) is 0 Å². The van der Waals surface area contributed by atoms with Gasteiger partial charge < -0.3 is 5.73 Å². The Morgan fingerprint density at radius 2 is 2.13 bits per heavy atom. The van der Waals surface area contributed by atoms with Gasteiger partial charge in [0.2, 0.25) is 0 Å². The smallest absolute Gasteiger partial charge is 0.155 e. The van der Waals surface area contributed by atoms with E-state index in [4.69, 9.17) is 5.73 Å². The van der Waals surface area contributed by atoms with Gasteiger partial charge in [-0.2, -0.15) is 5.10 Å². The monoisotopic (exact) mass is 229 g/mol. The Balaban J connectivity index is 2.51. The molecule has 0 aliphatic carbocycles. The molecule has 2 rings (SSSR count). The normalized spacial score (nSPS) is 19.1. The molecule has 0 saturated carbocycles. The van der Waals surface area contributed by atoms with E-state index in [-0.39, 0.29) is 17.5 Å².